The molecular formula is C17H15ClFN3O4S2. The van der Waals surface area contributed by atoms with Gasteiger partial charge in [-0.3, -0.25) is 0 Å². The van der Waals surface area contributed by atoms with Crippen LogP contribution in [0.3, 0.4) is 0 Å². The van der Waals surface area contributed by atoms with Gasteiger partial charge < -0.3 is 0 Å². The van der Waals surface area contributed by atoms with E-state index in [0.29, 0.717) is 0 Å². The second kappa shape index (κ2) is 7.77. The second-order valence-electron chi connectivity index (χ2n) is 5.99. The van der Waals surface area contributed by atoms with E-state index in [9.17, 15) is 21.2 Å². The van der Waals surface area contributed by atoms with Gasteiger partial charge in [0.15, 0.2) is 0 Å². The number of hydrogen-bond donors (Lipinski definition) is 0. The maximum absolute atomic E-state index is 13.3. The molecule has 0 unspecified atom stereocenters. The Hall–Kier alpha value is -2.03. The van der Waals surface area contributed by atoms with Crippen molar-refractivity contribution in [2.45, 2.75) is 9.79 Å². The average molecular weight is 444 g/mol. The van der Waals surface area contributed by atoms with Crippen LogP contribution in [-0.2, 0) is 20.0 Å². The summed E-state index contributed by atoms with van der Waals surface area (Å²) in [6.07, 6.45) is 0. The Morgan fingerprint density at radius 1 is 0.929 bits per heavy atom. The van der Waals surface area contributed by atoms with Crippen LogP contribution in [0.4, 0.5) is 4.39 Å². The summed E-state index contributed by atoms with van der Waals surface area (Å²) in [5.74, 6) is -0.729. The maximum atomic E-state index is 13.3. The molecule has 1 heterocycles. The SMILES string of the molecule is N#Cc1ccccc1S(=O)(=O)N1CCN(S(=O)(=O)c2ccc(F)c(Cl)c2)CC1. The first kappa shape index (κ1) is 20.7. The molecule has 11 heteroatoms. The summed E-state index contributed by atoms with van der Waals surface area (Å²) >= 11 is 5.67. The van der Waals surface area contributed by atoms with Crippen molar-refractivity contribution < 1.29 is 21.2 Å². The lowest BCUT2D eigenvalue weighted by Crippen LogP contribution is -2.50. The normalized spacial score (nSPS) is 16.6. The van der Waals surface area contributed by atoms with E-state index in [1.165, 1.54) is 18.2 Å². The maximum Gasteiger partial charge on any atom is 0.244 e. The van der Waals surface area contributed by atoms with Gasteiger partial charge >= 0.3 is 0 Å². The fraction of sp³-hybridized carbons (Fsp3) is 0.235. The molecule has 148 valence electrons. The van der Waals surface area contributed by atoms with Crippen LogP contribution in [0.15, 0.2) is 52.3 Å². The Bertz CT molecular complexity index is 1160. The van der Waals surface area contributed by atoms with Gasteiger partial charge in [0.25, 0.3) is 0 Å². The molecule has 28 heavy (non-hydrogen) atoms. The van der Waals surface area contributed by atoms with E-state index in [0.717, 1.165) is 26.8 Å². The molecule has 0 N–H and O–H groups in total. The Labute approximate surface area is 167 Å². The molecule has 2 aromatic carbocycles. The Morgan fingerprint density at radius 2 is 1.50 bits per heavy atom. The van der Waals surface area contributed by atoms with Gasteiger partial charge in [-0.2, -0.15) is 13.9 Å². The Balaban J connectivity index is 1.80. The fourth-order valence-corrected chi connectivity index (χ4v) is 6.12. The monoisotopic (exact) mass is 443 g/mol. The predicted molar refractivity (Wildman–Crippen MR) is 100 cm³/mol. The highest BCUT2D eigenvalue weighted by molar-refractivity contribution is 7.89. The molecule has 0 aliphatic carbocycles. The smallest absolute Gasteiger partial charge is 0.207 e. The third kappa shape index (κ3) is 3.76. The first-order chi connectivity index (χ1) is 13.2. The summed E-state index contributed by atoms with van der Waals surface area (Å²) in [6, 6.07) is 10.8. The van der Waals surface area contributed by atoms with Gasteiger partial charge in [-0.25, -0.2) is 21.2 Å². The lowest BCUT2D eigenvalue weighted by molar-refractivity contribution is 0.273. The largest absolute Gasteiger partial charge is 0.244 e. The highest BCUT2D eigenvalue weighted by Crippen LogP contribution is 2.25. The molecule has 0 atom stereocenters. The molecule has 1 aliphatic rings. The van der Waals surface area contributed by atoms with E-state index < -0.39 is 25.9 Å². The third-order valence-corrected chi connectivity index (χ3v) is 8.49. The lowest BCUT2D eigenvalue weighted by atomic mass is 10.2. The minimum absolute atomic E-state index is 0.0264. The molecule has 0 radical (unpaired) electrons. The van der Waals surface area contributed by atoms with Gasteiger partial charge in [0.2, 0.25) is 20.0 Å². The van der Waals surface area contributed by atoms with Gasteiger partial charge in [-0.15, -0.1) is 0 Å². The zero-order chi connectivity index (χ0) is 20.5. The minimum atomic E-state index is -3.94. The van der Waals surface area contributed by atoms with E-state index >= 15 is 0 Å². The van der Waals surface area contributed by atoms with E-state index in [1.807, 2.05) is 6.07 Å². The van der Waals surface area contributed by atoms with E-state index in [2.05, 4.69) is 0 Å². The molecule has 1 aliphatic heterocycles. The number of nitriles is 1. The summed E-state index contributed by atoms with van der Waals surface area (Å²) in [5, 5.41) is 8.83. The third-order valence-electron chi connectivity index (χ3n) is 4.35. The summed E-state index contributed by atoms with van der Waals surface area (Å²) < 4.78 is 66.6. The zero-order valence-corrected chi connectivity index (χ0v) is 16.8. The standard InChI is InChI=1S/C17H15ClFN3O4S2/c18-15-11-14(5-6-16(15)19)27(23,24)21-7-9-22(10-8-21)28(25,26)17-4-2-1-3-13(17)12-20/h1-6,11H,7-10H2. The number of halogens is 2. The first-order valence-electron chi connectivity index (χ1n) is 8.12. The van der Waals surface area contributed by atoms with Crippen molar-refractivity contribution in [3.8, 4) is 6.07 Å². The molecule has 1 saturated heterocycles. The summed E-state index contributed by atoms with van der Waals surface area (Å²) in [7, 11) is -7.87. The molecular weight excluding hydrogens is 429 g/mol. The number of piperazine rings is 1. The molecule has 2 aromatic rings. The van der Waals surface area contributed by atoms with Crippen LogP contribution in [0.1, 0.15) is 5.56 Å². The molecule has 0 spiro atoms. The van der Waals surface area contributed by atoms with Crippen LogP contribution in [0.5, 0.6) is 0 Å². The van der Waals surface area contributed by atoms with Gasteiger partial charge in [0.05, 0.1) is 20.4 Å². The first-order valence-corrected chi connectivity index (χ1v) is 11.4. The zero-order valence-electron chi connectivity index (χ0n) is 14.4. The van der Waals surface area contributed by atoms with Crippen molar-refractivity contribution in [2.75, 3.05) is 26.2 Å². The van der Waals surface area contributed by atoms with Crippen LogP contribution in [0, 0.1) is 17.1 Å². The van der Waals surface area contributed by atoms with Crippen LogP contribution in [0.25, 0.3) is 0 Å². The highest BCUT2D eigenvalue weighted by Gasteiger charge is 2.34. The van der Waals surface area contributed by atoms with Crippen molar-refractivity contribution in [2.24, 2.45) is 0 Å². The quantitative estimate of drug-likeness (QED) is 0.720. The van der Waals surface area contributed by atoms with Crippen LogP contribution >= 0.6 is 11.6 Å². The number of hydrogen-bond acceptors (Lipinski definition) is 5. The number of benzene rings is 2. The van der Waals surface area contributed by atoms with E-state index in [1.54, 1.807) is 6.07 Å². The molecule has 1 fully saturated rings. The fourth-order valence-electron chi connectivity index (χ4n) is 2.86. The van der Waals surface area contributed by atoms with Crippen molar-refractivity contribution >= 4 is 31.6 Å². The summed E-state index contributed by atoms with van der Waals surface area (Å²) in [4.78, 5) is -0.274. The topological polar surface area (TPSA) is 98.5 Å². The number of sulfonamides is 2. The average Bonchev–Trinajstić information content (AvgIpc) is 2.70. The number of rotatable bonds is 4. The Morgan fingerprint density at radius 3 is 2.07 bits per heavy atom. The molecule has 0 saturated carbocycles. The van der Waals surface area contributed by atoms with Gasteiger partial charge in [-0.1, -0.05) is 23.7 Å². The summed E-state index contributed by atoms with van der Waals surface area (Å²) in [6.45, 7) is -0.303. The number of nitrogens with zero attached hydrogens (tertiary/aromatic N) is 3. The van der Waals surface area contributed by atoms with Crippen LogP contribution in [0.2, 0.25) is 5.02 Å². The van der Waals surface area contributed by atoms with Gasteiger partial charge in [-0.05, 0) is 30.3 Å². The van der Waals surface area contributed by atoms with Crippen molar-refractivity contribution in [3.63, 3.8) is 0 Å². The van der Waals surface area contributed by atoms with Crippen molar-refractivity contribution in [1.82, 2.24) is 8.61 Å². The molecule has 3 rings (SSSR count). The van der Waals surface area contributed by atoms with Crippen LogP contribution in [-0.4, -0.2) is 51.6 Å². The van der Waals surface area contributed by atoms with Gasteiger partial charge in [0, 0.05) is 26.2 Å². The van der Waals surface area contributed by atoms with Crippen molar-refractivity contribution in [3.05, 3.63) is 58.9 Å². The minimum Gasteiger partial charge on any atom is -0.207 e. The highest BCUT2D eigenvalue weighted by atomic mass is 35.5. The Kier molecular flexibility index (Phi) is 5.74. The van der Waals surface area contributed by atoms with Crippen LogP contribution < -0.4 is 0 Å². The van der Waals surface area contributed by atoms with Crippen molar-refractivity contribution in [1.29, 1.82) is 5.26 Å². The van der Waals surface area contributed by atoms with E-state index in [4.69, 9.17) is 16.9 Å². The second-order valence-corrected chi connectivity index (χ2v) is 10.2. The van der Waals surface area contributed by atoms with E-state index in [-0.39, 0.29) is 46.6 Å². The molecule has 0 amide bonds. The lowest BCUT2D eigenvalue weighted by Gasteiger charge is -2.33. The molecule has 7 nitrogen and oxygen atoms in total. The molecule has 0 bridgehead atoms. The van der Waals surface area contributed by atoms with Gasteiger partial charge in [0.1, 0.15) is 11.9 Å². The predicted octanol–water partition coefficient (Wildman–Crippen LogP) is 2.05. The summed E-state index contributed by atoms with van der Waals surface area (Å²) in [5.41, 5.74) is 0.0264. The molecule has 0 aromatic heterocycles.